The highest BCUT2D eigenvalue weighted by Crippen LogP contribution is 2.48. The van der Waals surface area contributed by atoms with Crippen molar-refractivity contribution in [2.45, 2.75) is 0 Å². The van der Waals surface area contributed by atoms with Crippen LogP contribution in [0.2, 0.25) is 0 Å². The smallest absolute Gasteiger partial charge is 0.00141 e. The van der Waals surface area contributed by atoms with Crippen molar-refractivity contribution in [3.05, 3.63) is 182 Å². The summed E-state index contributed by atoms with van der Waals surface area (Å²) >= 11 is 0. The van der Waals surface area contributed by atoms with E-state index in [-0.39, 0.29) is 0 Å². The normalized spacial score (nSPS) is 11.5. The molecule has 0 saturated carbocycles. The van der Waals surface area contributed by atoms with Gasteiger partial charge >= 0.3 is 0 Å². The van der Waals surface area contributed by atoms with E-state index in [1.165, 1.54) is 87.6 Å². The summed E-state index contributed by atoms with van der Waals surface area (Å²) in [5, 5.41) is 10.2. The lowest BCUT2D eigenvalue weighted by Gasteiger charge is -2.21. The predicted octanol–water partition coefficient (Wildman–Crippen LogP) is 13.0. The fourth-order valence-electron chi connectivity index (χ4n) is 7.41. The Morgan fingerprint density at radius 2 is 0.652 bits per heavy atom. The van der Waals surface area contributed by atoms with Gasteiger partial charge in [-0.3, -0.25) is 0 Å². The predicted molar refractivity (Wildman–Crippen MR) is 198 cm³/mol. The van der Waals surface area contributed by atoms with Crippen LogP contribution in [0, 0.1) is 0 Å². The maximum Gasteiger partial charge on any atom is -0.00141 e. The third kappa shape index (κ3) is 4.23. The van der Waals surface area contributed by atoms with Gasteiger partial charge in [-0.25, -0.2) is 0 Å². The molecule has 0 aliphatic heterocycles. The molecule has 0 fully saturated rings. The molecule has 0 amide bonds. The summed E-state index contributed by atoms with van der Waals surface area (Å²) < 4.78 is 0. The van der Waals surface area contributed by atoms with E-state index in [1.807, 2.05) is 0 Å². The van der Waals surface area contributed by atoms with Crippen LogP contribution in [0.3, 0.4) is 0 Å². The fraction of sp³-hybridized carbons (Fsp3) is 0. The summed E-state index contributed by atoms with van der Waals surface area (Å²) in [6.07, 6.45) is 0. The van der Waals surface area contributed by atoms with Crippen molar-refractivity contribution in [1.82, 2.24) is 0 Å². The topological polar surface area (TPSA) is 0 Å². The fourth-order valence-corrected chi connectivity index (χ4v) is 7.41. The quantitative estimate of drug-likeness (QED) is 0.181. The van der Waals surface area contributed by atoms with Gasteiger partial charge in [0.05, 0.1) is 0 Å². The summed E-state index contributed by atoms with van der Waals surface area (Å²) in [5.74, 6) is 0. The third-order valence-electron chi connectivity index (χ3n) is 9.47. The molecule has 0 radical (unpaired) electrons. The molecule has 9 aromatic carbocycles. The van der Waals surface area contributed by atoms with Gasteiger partial charge in [0.1, 0.15) is 0 Å². The van der Waals surface area contributed by atoms with Crippen LogP contribution in [-0.2, 0) is 0 Å². The van der Waals surface area contributed by atoms with Crippen LogP contribution in [0.25, 0.3) is 87.6 Å². The van der Waals surface area contributed by atoms with Gasteiger partial charge < -0.3 is 0 Å². The van der Waals surface area contributed by atoms with Crippen LogP contribution in [-0.4, -0.2) is 0 Å². The Morgan fingerprint density at radius 3 is 1.35 bits per heavy atom. The Hall–Kier alpha value is -5.98. The second-order valence-corrected chi connectivity index (χ2v) is 12.0. The molecule has 0 nitrogen and oxygen atoms in total. The molecule has 0 aromatic heterocycles. The number of fused-ring (bicyclic) bond motifs is 4. The number of hydrogen-bond donors (Lipinski definition) is 0. The van der Waals surface area contributed by atoms with Crippen molar-refractivity contribution in [1.29, 1.82) is 0 Å². The highest BCUT2D eigenvalue weighted by atomic mass is 14.2. The van der Waals surface area contributed by atoms with Crippen molar-refractivity contribution < 1.29 is 0 Å². The molecule has 46 heavy (non-hydrogen) atoms. The summed E-state index contributed by atoms with van der Waals surface area (Å²) in [5.41, 5.74) is 10.0. The lowest BCUT2D eigenvalue weighted by molar-refractivity contribution is 1.62. The molecule has 0 unspecified atom stereocenters. The van der Waals surface area contributed by atoms with E-state index >= 15 is 0 Å². The lowest BCUT2D eigenvalue weighted by atomic mass is 9.82. The Bertz CT molecular complexity index is 2540. The minimum absolute atomic E-state index is 1.22. The van der Waals surface area contributed by atoms with E-state index in [9.17, 15) is 0 Å². The molecule has 0 N–H and O–H groups in total. The molecule has 0 atom stereocenters. The highest BCUT2D eigenvalue weighted by molar-refractivity contribution is 6.26. The molecule has 0 heteroatoms. The highest BCUT2D eigenvalue weighted by Gasteiger charge is 2.20. The summed E-state index contributed by atoms with van der Waals surface area (Å²) in [6, 6.07) is 66.5. The Kier molecular flexibility index (Phi) is 6.25. The summed E-state index contributed by atoms with van der Waals surface area (Å²) in [7, 11) is 0. The van der Waals surface area contributed by atoms with E-state index < -0.39 is 0 Å². The van der Waals surface area contributed by atoms with E-state index in [0.29, 0.717) is 0 Å². The third-order valence-corrected chi connectivity index (χ3v) is 9.47. The van der Waals surface area contributed by atoms with Crippen LogP contribution in [0.4, 0.5) is 0 Å². The Morgan fingerprint density at radius 1 is 0.217 bits per heavy atom. The van der Waals surface area contributed by atoms with Gasteiger partial charge in [0, 0.05) is 0 Å². The zero-order valence-corrected chi connectivity index (χ0v) is 25.3. The molecule has 9 aromatic rings. The first-order valence-electron chi connectivity index (χ1n) is 15.9. The van der Waals surface area contributed by atoms with Crippen LogP contribution in [0.5, 0.6) is 0 Å². The van der Waals surface area contributed by atoms with Gasteiger partial charge in [0.15, 0.2) is 0 Å². The monoisotopic (exact) mass is 582 g/mol. The van der Waals surface area contributed by atoms with Crippen molar-refractivity contribution in [3.63, 3.8) is 0 Å². The van der Waals surface area contributed by atoms with Gasteiger partial charge in [-0.05, 0) is 87.6 Å². The maximum atomic E-state index is 2.32. The van der Waals surface area contributed by atoms with E-state index in [2.05, 4.69) is 182 Å². The van der Waals surface area contributed by atoms with Gasteiger partial charge in [-0.15, -0.1) is 0 Å². The molecule has 0 spiro atoms. The SMILES string of the molecule is c1ccc(-c2cccc3c(-c4cccc5ccccc45)c4ccccc4c(-c4ccc(-c5cccc6ccccc56)cc4)c23)cc1. The van der Waals surface area contributed by atoms with Gasteiger partial charge in [0.2, 0.25) is 0 Å². The molecule has 0 aliphatic carbocycles. The second-order valence-electron chi connectivity index (χ2n) is 12.0. The summed E-state index contributed by atoms with van der Waals surface area (Å²) in [4.78, 5) is 0. The van der Waals surface area contributed by atoms with Crippen molar-refractivity contribution in [3.8, 4) is 44.5 Å². The van der Waals surface area contributed by atoms with E-state index in [4.69, 9.17) is 0 Å². The average Bonchev–Trinajstić information content (AvgIpc) is 3.14. The first-order valence-corrected chi connectivity index (χ1v) is 15.9. The minimum Gasteiger partial charge on any atom is -0.0622 e. The zero-order chi connectivity index (χ0) is 30.5. The summed E-state index contributed by atoms with van der Waals surface area (Å²) in [6.45, 7) is 0. The zero-order valence-electron chi connectivity index (χ0n) is 25.3. The van der Waals surface area contributed by atoms with Crippen molar-refractivity contribution in [2.75, 3.05) is 0 Å². The maximum absolute atomic E-state index is 2.32. The van der Waals surface area contributed by atoms with Gasteiger partial charge in [-0.2, -0.15) is 0 Å². The first-order chi connectivity index (χ1) is 22.8. The first kappa shape index (κ1) is 26.4. The van der Waals surface area contributed by atoms with Crippen molar-refractivity contribution in [2.24, 2.45) is 0 Å². The lowest BCUT2D eigenvalue weighted by Crippen LogP contribution is -1.94. The molecular formula is C46H30. The van der Waals surface area contributed by atoms with Crippen LogP contribution < -0.4 is 0 Å². The largest absolute Gasteiger partial charge is 0.0622 e. The second kappa shape index (κ2) is 10.9. The van der Waals surface area contributed by atoms with Crippen molar-refractivity contribution >= 4 is 43.1 Å². The average molecular weight is 583 g/mol. The molecule has 9 rings (SSSR count). The molecule has 0 saturated heterocycles. The number of hydrogen-bond acceptors (Lipinski definition) is 0. The molecule has 0 bridgehead atoms. The standard InChI is InChI=1S/C46H30/c1-2-13-33(14-3-1)39-24-12-26-43-45(40-25-11-18-32-16-5-7-20-38(32)40)42-22-9-8-21-41(42)44(46(39)43)35-29-27-34(28-30-35)37-23-10-17-31-15-4-6-19-36(31)37/h1-30H. The van der Waals surface area contributed by atoms with Gasteiger partial charge in [0.25, 0.3) is 0 Å². The number of benzene rings is 9. The molecule has 0 heterocycles. The van der Waals surface area contributed by atoms with E-state index in [1.54, 1.807) is 0 Å². The number of rotatable bonds is 4. The Balaban J connectivity index is 1.38. The van der Waals surface area contributed by atoms with Crippen LogP contribution >= 0.6 is 0 Å². The van der Waals surface area contributed by atoms with Crippen LogP contribution in [0.15, 0.2) is 182 Å². The molecule has 214 valence electrons. The molecular weight excluding hydrogens is 553 g/mol. The van der Waals surface area contributed by atoms with Crippen LogP contribution in [0.1, 0.15) is 0 Å². The van der Waals surface area contributed by atoms with Gasteiger partial charge in [-0.1, -0.05) is 182 Å². The minimum atomic E-state index is 1.22. The molecule has 0 aliphatic rings. The van der Waals surface area contributed by atoms with E-state index in [0.717, 1.165) is 0 Å². The Labute approximate surface area is 268 Å².